The third-order valence-electron chi connectivity index (χ3n) is 3.86. The zero-order valence-electron chi connectivity index (χ0n) is 12.9. The number of rotatable bonds is 4. The van der Waals surface area contributed by atoms with Crippen LogP contribution in [0.2, 0.25) is 0 Å². The van der Waals surface area contributed by atoms with Crippen molar-refractivity contribution in [2.24, 2.45) is 0 Å². The van der Waals surface area contributed by atoms with Crippen LogP contribution in [0.4, 0.5) is 5.69 Å². The molecule has 122 valence electrons. The molecular formula is C16H14BrN5OS. The number of hydrogen-bond acceptors (Lipinski definition) is 5. The highest BCUT2D eigenvalue weighted by Gasteiger charge is 2.27. The molecule has 8 heteroatoms. The highest BCUT2D eigenvalue weighted by atomic mass is 79.9. The van der Waals surface area contributed by atoms with Gasteiger partial charge in [-0.15, -0.1) is 21.5 Å². The van der Waals surface area contributed by atoms with Crippen LogP contribution in [-0.4, -0.2) is 25.7 Å². The summed E-state index contributed by atoms with van der Waals surface area (Å²) in [6, 6.07) is 4.17. The van der Waals surface area contributed by atoms with Gasteiger partial charge in [0.25, 0.3) is 5.91 Å². The first-order valence-electron chi connectivity index (χ1n) is 7.54. The van der Waals surface area contributed by atoms with Crippen LogP contribution < -0.4 is 5.32 Å². The van der Waals surface area contributed by atoms with Gasteiger partial charge < -0.3 is 9.88 Å². The van der Waals surface area contributed by atoms with E-state index >= 15 is 0 Å². The maximum absolute atomic E-state index is 12.3. The third-order valence-corrected chi connectivity index (χ3v) is 5.64. The van der Waals surface area contributed by atoms with Gasteiger partial charge in [-0.05, 0) is 37.5 Å². The smallest absolute Gasteiger partial charge is 0.274 e. The largest absolute Gasteiger partial charge is 0.320 e. The number of carbonyl (C=O) groups excluding carboxylic acids is 1. The van der Waals surface area contributed by atoms with E-state index in [2.05, 4.69) is 41.0 Å². The van der Waals surface area contributed by atoms with E-state index < -0.39 is 0 Å². The summed E-state index contributed by atoms with van der Waals surface area (Å²) < 4.78 is 2.97. The van der Waals surface area contributed by atoms with Crippen molar-refractivity contribution in [1.82, 2.24) is 19.7 Å². The number of nitrogens with zero attached hydrogens (tertiary/aromatic N) is 4. The molecule has 0 unspecified atom stereocenters. The summed E-state index contributed by atoms with van der Waals surface area (Å²) in [5.41, 5.74) is 2.11. The van der Waals surface area contributed by atoms with Gasteiger partial charge in [0.05, 0.1) is 10.6 Å². The molecule has 1 aliphatic rings. The second-order valence-corrected chi connectivity index (χ2v) is 7.53. The lowest BCUT2D eigenvalue weighted by molar-refractivity contribution is 0.102. The number of carbonyl (C=O) groups is 1. The summed E-state index contributed by atoms with van der Waals surface area (Å²) in [6.07, 6.45) is 5.80. The minimum atomic E-state index is -0.233. The van der Waals surface area contributed by atoms with Crippen molar-refractivity contribution in [3.05, 3.63) is 45.8 Å². The summed E-state index contributed by atoms with van der Waals surface area (Å²) in [5.74, 6) is 0.628. The number of hydrogen-bond donors (Lipinski definition) is 1. The van der Waals surface area contributed by atoms with Crippen molar-refractivity contribution in [1.29, 1.82) is 0 Å². The molecular weight excluding hydrogens is 390 g/mol. The second kappa shape index (κ2) is 6.10. The predicted octanol–water partition coefficient (Wildman–Crippen LogP) is 4.06. The van der Waals surface area contributed by atoms with Gasteiger partial charge >= 0.3 is 0 Å². The van der Waals surface area contributed by atoms with Crippen LogP contribution in [0.3, 0.4) is 0 Å². The lowest BCUT2D eigenvalue weighted by Crippen LogP contribution is -2.13. The molecule has 1 amide bonds. The molecule has 4 rings (SSSR count). The zero-order valence-corrected chi connectivity index (χ0v) is 15.3. The number of halogens is 1. The molecule has 0 aromatic carbocycles. The van der Waals surface area contributed by atoms with Crippen LogP contribution in [0.5, 0.6) is 0 Å². The molecule has 3 heterocycles. The van der Waals surface area contributed by atoms with Gasteiger partial charge in [-0.2, -0.15) is 0 Å². The fourth-order valence-corrected chi connectivity index (χ4v) is 3.52. The van der Waals surface area contributed by atoms with E-state index in [-0.39, 0.29) is 5.91 Å². The van der Waals surface area contributed by atoms with Gasteiger partial charge in [0.15, 0.2) is 5.82 Å². The number of nitrogens with one attached hydrogen (secondary N) is 1. The molecule has 0 saturated heterocycles. The van der Waals surface area contributed by atoms with E-state index in [0.717, 1.165) is 26.4 Å². The predicted molar refractivity (Wildman–Crippen MR) is 96.2 cm³/mol. The Balaban J connectivity index is 1.53. The molecule has 3 aromatic heterocycles. The standard InChI is InChI=1S/C16H14BrN5OS/c1-9-6-18-13(5-12(9)17)16(23)20-10-4-14(24-7-10)15-21-19-8-22(15)11-2-3-11/h4-8,11H,2-3H2,1H3,(H,20,23). The first-order chi connectivity index (χ1) is 11.6. The van der Waals surface area contributed by atoms with Gasteiger partial charge in [-0.1, -0.05) is 15.9 Å². The average molecular weight is 404 g/mol. The van der Waals surface area contributed by atoms with Crippen LogP contribution in [0, 0.1) is 6.92 Å². The van der Waals surface area contributed by atoms with Gasteiger partial charge in [0.1, 0.15) is 12.0 Å². The summed E-state index contributed by atoms with van der Waals surface area (Å²) in [4.78, 5) is 17.5. The molecule has 3 aromatic rings. The van der Waals surface area contributed by atoms with Gasteiger partial charge in [-0.25, -0.2) is 0 Å². The molecule has 0 bridgehead atoms. The average Bonchev–Trinajstić information content (AvgIpc) is 3.11. The topological polar surface area (TPSA) is 72.7 Å². The molecule has 1 aliphatic carbocycles. The Kier molecular flexibility index (Phi) is 3.93. The first-order valence-corrected chi connectivity index (χ1v) is 9.21. The Bertz CT molecular complexity index is 915. The first kappa shape index (κ1) is 15.5. The summed E-state index contributed by atoms with van der Waals surface area (Å²) in [6.45, 7) is 1.93. The quantitative estimate of drug-likeness (QED) is 0.712. The molecule has 0 radical (unpaired) electrons. The van der Waals surface area contributed by atoms with E-state index in [9.17, 15) is 4.79 Å². The maximum atomic E-state index is 12.3. The Morgan fingerprint density at radius 1 is 1.42 bits per heavy atom. The third kappa shape index (κ3) is 2.99. The number of amides is 1. The lowest BCUT2D eigenvalue weighted by Gasteiger charge is -2.04. The fraction of sp³-hybridized carbons (Fsp3) is 0.250. The summed E-state index contributed by atoms with van der Waals surface area (Å²) in [5, 5.41) is 13.0. The van der Waals surface area contributed by atoms with Crippen LogP contribution in [-0.2, 0) is 0 Å². The Morgan fingerprint density at radius 2 is 2.25 bits per heavy atom. The minimum absolute atomic E-state index is 0.233. The number of pyridine rings is 1. The Hall–Kier alpha value is -2.06. The van der Waals surface area contributed by atoms with Crippen molar-refractivity contribution in [3.8, 4) is 10.7 Å². The highest BCUT2D eigenvalue weighted by molar-refractivity contribution is 9.10. The molecule has 0 atom stereocenters. The lowest BCUT2D eigenvalue weighted by atomic mass is 10.2. The molecule has 1 N–H and O–H groups in total. The van der Waals surface area contributed by atoms with Crippen LogP contribution >= 0.6 is 27.3 Å². The molecule has 0 spiro atoms. The van der Waals surface area contributed by atoms with E-state index in [0.29, 0.717) is 11.7 Å². The molecule has 0 aliphatic heterocycles. The van der Waals surface area contributed by atoms with E-state index in [1.54, 1.807) is 29.9 Å². The normalized spacial score (nSPS) is 13.9. The van der Waals surface area contributed by atoms with Crippen LogP contribution in [0.15, 0.2) is 34.5 Å². The number of thiophene rings is 1. The fourth-order valence-electron chi connectivity index (χ4n) is 2.38. The Labute approximate surface area is 151 Å². The van der Waals surface area contributed by atoms with E-state index in [4.69, 9.17) is 0 Å². The van der Waals surface area contributed by atoms with Crippen molar-refractivity contribution in [2.45, 2.75) is 25.8 Å². The molecule has 1 saturated carbocycles. The highest BCUT2D eigenvalue weighted by Crippen LogP contribution is 2.39. The monoisotopic (exact) mass is 403 g/mol. The second-order valence-electron chi connectivity index (χ2n) is 5.77. The Morgan fingerprint density at radius 3 is 3.00 bits per heavy atom. The van der Waals surface area contributed by atoms with Gasteiger partial charge in [0.2, 0.25) is 0 Å². The zero-order chi connectivity index (χ0) is 16.7. The van der Waals surface area contributed by atoms with Crippen LogP contribution in [0.25, 0.3) is 10.7 Å². The summed E-state index contributed by atoms with van der Waals surface area (Å²) >= 11 is 4.96. The SMILES string of the molecule is Cc1cnc(C(=O)Nc2csc(-c3nncn3C3CC3)c2)cc1Br. The molecule has 1 fully saturated rings. The van der Waals surface area contributed by atoms with Gasteiger partial charge in [-0.3, -0.25) is 9.78 Å². The number of aromatic nitrogens is 4. The van der Waals surface area contributed by atoms with Crippen molar-refractivity contribution < 1.29 is 4.79 Å². The molecule has 6 nitrogen and oxygen atoms in total. The van der Waals surface area contributed by atoms with E-state index in [1.165, 1.54) is 12.8 Å². The number of aryl methyl sites for hydroxylation is 1. The summed E-state index contributed by atoms with van der Waals surface area (Å²) in [7, 11) is 0. The van der Waals surface area contributed by atoms with E-state index in [1.807, 2.05) is 18.4 Å². The van der Waals surface area contributed by atoms with Crippen molar-refractivity contribution in [2.75, 3.05) is 5.32 Å². The van der Waals surface area contributed by atoms with Crippen molar-refractivity contribution in [3.63, 3.8) is 0 Å². The minimum Gasteiger partial charge on any atom is -0.320 e. The maximum Gasteiger partial charge on any atom is 0.274 e. The molecule has 24 heavy (non-hydrogen) atoms. The van der Waals surface area contributed by atoms with Crippen molar-refractivity contribution >= 4 is 38.9 Å². The van der Waals surface area contributed by atoms with Gasteiger partial charge in [0, 0.05) is 22.1 Å². The number of anilines is 1. The van der Waals surface area contributed by atoms with Crippen LogP contribution in [0.1, 0.15) is 34.9 Å².